The van der Waals surface area contributed by atoms with Gasteiger partial charge in [-0.2, -0.15) is 0 Å². The number of nitrogens with zero attached hydrogens (tertiary/aromatic N) is 1. The molecule has 0 spiro atoms. The fourth-order valence-corrected chi connectivity index (χ4v) is 3.34. The lowest BCUT2D eigenvalue weighted by atomic mass is 9.77. The van der Waals surface area contributed by atoms with Gasteiger partial charge in [0.1, 0.15) is 0 Å². The maximum atomic E-state index is 4.51. The Balaban J connectivity index is 1.95. The van der Waals surface area contributed by atoms with Crippen molar-refractivity contribution in [3.8, 4) is 0 Å². The summed E-state index contributed by atoms with van der Waals surface area (Å²) < 4.78 is 0. The van der Waals surface area contributed by atoms with E-state index < -0.39 is 0 Å². The molecule has 2 aliphatic rings. The lowest BCUT2D eigenvalue weighted by molar-refractivity contribution is 0.301. The smallest absolute Gasteiger partial charge is 0.0438 e. The summed E-state index contributed by atoms with van der Waals surface area (Å²) in [6.45, 7) is 2.42. The average Bonchev–Trinajstić information content (AvgIpc) is 2.57. The second-order valence-electron chi connectivity index (χ2n) is 5.00. The molecule has 0 radical (unpaired) electrons. The first-order valence-corrected chi connectivity index (χ1v) is 5.77. The second-order valence-corrected chi connectivity index (χ2v) is 5.00. The first kappa shape index (κ1) is 8.46. The summed E-state index contributed by atoms with van der Waals surface area (Å²) in [5.41, 5.74) is 2.89. The Bertz CT molecular complexity index is 345. The molecule has 0 bridgehead atoms. The Labute approximate surface area is 85.6 Å². The third-order valence-corrected chi connectivity index (χ3v) is 4.22. The Morgan fingerprint density at radius 3 is 3.14 bits per heavy atom. The molecule has 1 heterocycles. The Morgan fingerprint density at radius 2 is 2.21 bits per heavy atom. The molecule has 1 aromatic heterocycles. The van der Waals surface area contributed by atoms with Gasteiger partial charge < -0.3 is 0 Å². The van der Waals surface area contributed by atoms with Crippen LogP contribution in [0.25, 0.3) is 0 Å². The van der Waals surface area contributed by atoms with Crippen molar-refractivity contribution in [1.29, 1.82) is 0 Å². The first-order chi connectivity index (χ1) is 6.84. The Morgan fingerprint density at radius 1 is 1.29 bits per heavy atom. The molecule has 3 atom stereocenters. The molecular weight excluding hydrogens is 170 g/mol. The van der Waals surface area contributed by atoms with Gasteiger partial charge in [0.25, 0.3) is 0 Å². The van der Waals surface area contributed by atoms with Gasteiger partial charge in [0.2, 0.25) is 0 Å². The second kappa shape index (κ2) is 3.08. The molecule has 2 unspecified atom stereocenters. The van der Waals surface area contributed by atoms with Crippen LogP contribution in [-0.2, 0) is 12.8 Å². The molecule has 14 heavy (non-hydrogen) atoms. The topological polar surface area (TPSA) is 12.9 Å². The van der Waals surface area contributed by atoms with Crippen molar-refractivity contribution in [2.45, 2.75) is 32.6 Å². The zero-order valence-corrected chi connectivity index (χ0v) is 8.74. The molecular formula is C13H17N. The Kier molecular flexibility index (Phi) is 1.86. The third-order valence-electron chi connectivity index (χ3n) is 4.22. The first-order valence-electron chi connectivity index (χ1n) is 5.77. The van der Waals surface area contributed by atoms with E-state index >= 15 is 0 Å². The van der Waals surface area contributed by atoms with Crippen LogP contribution in [0.4, 0.5) is 0 Å². The average molecular weight is 187 g/mol. The van der Waals surface area contributed by atoms with E-state index in [-0.39, 0.29) is 0 Å². The summed E-state index contributed by atoms with van der Waals surface area (Å²) >= 11 is 0. The maximum absolute atomic E-state index is 4.51. The molecule has 0 N–H and O–H groups in total. The van der Waals surface area contributed by atoms with Gasteiger partial charge in [0.05, 0.1) is 0 Å². The van der Waals surface area contributed by atoms with E-state index in [0.29, 0.717) is 0 Å². The molecule has 0 aliphatic heterocycles. The summed E-state index contributed by atoms with van der Waals surface area (Å²) in [6, 6.07) is 4.35. The lowest BCUT2D eigenvalue weighted by Gasteiger charge is -2.29. The van der Waals surface area contributed by atoms with Crippen LogP contribution in [0.5, 0.6) is 0 Å². The van der Waals surface area contributed by atoms with E-state index in [1.54, 1.807) is 0 Å². The zero-order chi connectivity index (χ0) is 9.54. The van der Waals surface area contributed by atoms with Crippen molar-refractivity contribution in [2.75, 3.05) is 0 Å². The molecule has 0 amide bonds. The van der Waals surface area contributed by atoms with E-state index in [1.165, 1.54) is 36.9 Å². The predicted molar refractivity (Wildman–Crippen MR) is 57.0 cm³/mol. The van der Waals surface area contributed by atoms with Gasteiger partial charge in [-0.1, -0.05) is 19.4 Å². The molecule has 0 saturated heterocycles. The summed E-state index contributed by atoms with van der Waals surface area (Å²) in [5.74, 6) is 2.81. The van der Waals surface area contributed by atoms with Crippen LogP contribution in [0.3, 0.4) is 0 Å². The van der Waals surface area contributed by atoms with E-state index in [0.717, 1.165) is 17.8 Å². The van der Waals surface area contributed by atoms with Crippen LogP contribution in [0, 0.1) is 17.8 Å². The van der Waals surface area contributed by atoms with Gasteiger partial charge in [-0.15, -0.1) is 0 Å². The van der Waals surface area contributed by atoms with Crippen LogP contribution < -0.4 is 0 Å². The van der Waals surface area contributed by atoms with Crippen LogP contribution in [0.15, 0.2) is 18.3 Å². The van der Waals surface area contributed by atoms with Crippen molar-refractivity contribution in [2.24, 2.45) is 17.8 Å². The van der Waals surface area contributed by atoms with E-state index in [9.17, 15) is 0 Å². The molecule has 74 valence electrons. The third kappa shape index (κ3) is 1.18. The van der Waals surface area contributed by atoms with Gasteiger partial charge in [0, 0.05) is 11.9 Å². The molecule has 0 aromatic carbocycles. The minimum atomic E-state index is 0.926. The van der Waals surface area contributed by atoms with Gasteiger partial charge >= 0.3 is 0 Å². The highest BCUT2D eigenvalue weighted by molar-refractivity contribution is 5.24. The van der Waals surface area contributed by atoms with Gasteiger partial charge in [-0.25, -0.2) is 0 Å². The largest absolute Gasteiger partial charge is 0.261 e. The molecule has 1 heteroatoms. The fraction of sp³-hybridized carbons (Fsp3) is 0.615. The Hall–Kier alpha value is -0.850. The highest BCUT2D eigenvalue weighted by Crippen LogP contribution is 2.43. The zero-order valence-electron chi connectivity index (χ0n) is 8.74. The maximum Gasteiger partial charge on any atom is 0.0438 e. The quantitative estimate of drug-likeness (QED) is 0.608. The standard InChI is InChI=1S/C13H17N/c1-9-4-5-10-7-11-3-2-6-14-13(11)8-12(9)10/h2-3,6,9-10,12H,4-5,7-8H2,1H3/t9-,10?,12?/m0/s1. The number of aromatic nitrogens is 1. The summed E-state index contributed by atoms with van der Waals surface area (Å²) in [5, 5.41) is 0. The van der Waals surface area contributed by atoms with Crippen molar-refractivity contribution < 1.29 is 0 Å². The lowest BCUT2D eigenvalue weighted by Crippen LogP contribution is -2.24. The van der Waals surface area contributed by atoms with Crippen LogP contribution >= 0.6 is 0 Å². The number of hydrogen-bond acceptors (Lipinski definition) is 1. The predicted octanol–water partition coefficient (Wildman–Crippen LogP) is 2.84. The number of hydrogen-bond donors (Lipinski definition) is 0. The minimum Gasteiger partial charge on any atom is -0.261 e. The van der Waals surface area contributed by atoms with E-state index in [4.69, 9.17) is 0 Å². The monoisotopic (exact) mass is 187 g/mol. The summed E-state index contributed by atoms with van der Waals surface area (Å²) in [4.78, 5) is 4.51. The molecule has 1 aromatic rings. The molecule has 1 saturated carbocycles. The van der Waals surface area contributed by atoms with Crippen LogP contribution in [0.2, 0.25) is 0 Å². The van der Waals surface area contributed by atoms with Crippen molar-refractivity contribution in [1.82, 2.24) is 4.98 Å². The summed E-state index contributed by atoms with van der Waals surface area (Å²) in [6.07, 6.45) is 7.35. The number of pyridine rings is 1. The van der Waals surface area contributed by atoms with Gasteiger partial charge in [-0.3, -0.25) is 4.98 Å². The van der Waals surface area contributed by atoms with Crippen LogP contribution in [-0.4, -0.2) is 4.98 Å². The van der Waals surface area contributed by atoms with Crippen LogP contribution in [0.1, 0.15) is 31.0 Å². The molecule has 2 aliphatic carbocycles. The molecule has 1 nitrogen and oxygen atoms in total. The fourth-order valence-electron chi connectivity index (χ4n) is 3.34. The molecule has 3 rings (SSSR count). The highest BCUT2D eigenvalue weighted by atomic mass is 14.7. The van der Waals surface area contributed by atoms with Crippen molar-refractivity contribution >= 4 is 0 Å². The van der Waals surface area contributed by atoms with E-state index in [1.807, 2.05) is 6.20 Å². The summed E-state index contributed by atoms with van der Waals surface area (Å²) in [7, 11) is 0. The number of fused-ring (bicyclic) bond motifs is 2. The van der Waals surface area contributed by atoms with Gasteiger partial charge in [-0.05, 0) is 48.6 Å². The SMILES string of the molecule is C[C@H]1CCC2Cc3cccnc3CC21. The van der Waals surface area contributed by atoms with E-state index in [2.05, 4.69) is 24.0 Å². The minimum absolute atomic E-state index is 0.926. The highest BCUT2D eigenvalue weighted by Gasteiger charge is 2.37. The normalized spacial score (nSPS) is 35.1. The number of rotatable bonds is 0. The van der Waals surface area contributed by atoms with Crippen molar-refractivity contribution in [3.05, 3.63) is 29.6 Å². The van der Waals surface area contributed by atoms with Gasteiger partial charge in [0.15, 0.2) is 0 Å². The van der Waals surface area contributed by atoms with Crippen molar-refractivity contribution in [3.63, 3.8) is 0 Å². The molecule has 1 fully saturated rings.